The highest BCUT2D eigenvalue weighted by Gasteiger charge is 2.24. The van der Waals surface area contributed by atoms with Crippen LogP contribution in [0.4, 0.5) is 11.4 Å². The average Bonchev–Trinajstić information content (AvgIpc) is 2.92. The number of hydrogen-bond donors (Lipinski definition) is 2. The van der Waals surface area contributed by atoms with Crippen LogP contribution in [-0.2, 0) is 25.4 Å². The molecule has 2 aromatic rings. The van der Waals surface area contributed by atoms with Gasteiger partial charge in [-0.3, -0.25) is 0 Å². The highest BCUT2D eigenvalue weighted by molar-refractivity contribution is 5.90. The maximum atomic E-state index is 12.6. The van der Waals surface area contributed by atoms with Crippen molar-refractivity contribution in [3.05, 3.63) is 65.2 Å². The Labute approximate surface area is 226 Å². The third-order valence-electron chi connectivity index (χ3n) is 6.84. The van der Waals surface area contributed by atoms with E-state index in [0.29, 0.717) is 23.4 Å². The SMILES string of the molecule is CCCCCCCOC1CCC(OC(=O)c2ccc(C=CC(=O)OCCc3cc(N)ccc3N)cc2)CC1. The highest BCUT2D eigenvalue weighted by Crippen LogP contribution is 2.25. The summed E-state index contributed by atoms with van der Waals surface area (Å²) in [4.78, 5) is 24.6. The first-order valence-corrected chi connectivity index (χ1v) is 13.9. The zero-order chi connectivity index (χ0) is 27.2. The number of unbranched alkanes of at least 4 members (excludes halogenated alkanes) is 4. The number of carbonyl (C=O) groups excluding carboxylic acids is 2. The number of anilines is 2. The second-order valence-corrected chi connectivity index (χ2v) is 9.92. The van der Waals surface area contributed by atoms with Gasteiger partial charge in [-0.25, -0.2) is 9.59 Å². The van der Waals surface area contributed by atoms with Gasteiger partial charge >= 0.3 is 11.9 Å². The molecule has 0 bridgehead atoms. The smallest absolute Gasteiger partial charge is 0.338 e. The zero-order valence-electron chi connectivity index (χ0n) is 22.5. The van der Waals surface area contributed by atoms with Crippen LogP contribution < -0.4 is 11.5 Å². The van der Waals surface area contributed by atoms with E-state index in [9.17, 15) is 9.59 Å². The quantitative estimate of drug-likeness (QED) is 0.133. The second kappa shape index (κ2) is 15.8. The van der Waals surface area contributed by atoms with Crippen LogP contribution >= 0.6 is 0 Å². The third-order valence-corrected chi connectivity index (χ3v) is 6.84. The minimum absolute atomic E-state index is 0.0658. The summed E-state index contributed by atoms with van der Waals surface area (Å²) in [5.41, 5.74) is 15.1. The number of nitrogens with two attached hydrogens (primary N) is 2. The van der Waals surface area contributed by atoms with Crippen LogP contribution in [-0.4, -0.2) is 37.4 Å². The van der Waals surface area contributed by atoms with E-state index in [1.165, 1.54) is 31.8 Å². The minimum atomic E-state index is -0.452. The van der Waals surface area contributed by atoms with Crippen LogP contribution in [0.15, 0.2) is 48.5 Å². The minimum Gasteiger partial charge on any atom is -0.462 e. The fraction of sp³-hybridized carbons (Fsp3) is 0.484. The highest BCUT2D eigenvalue weighted by atomic mass is 16.5. The molecule has 0 unspecified atom stereocenters. The predicted octanol–water partition coefficient (Wildman–Crippen LogP) is 6.11. The molecule has 0 spiro atoms. The number of carbonyl (C=O) groups is 2. The van der Waals surface area contributed by atoms with E-state index in [0.717, 1.165) is 49.8 Å². The molecule has 0 atom stereocenters. The first-order chi connectivity index (χ1) is 18.4. The van der Waals surface area contributed by atoms with Gasteiger partial charge in [-0.2, -0.15) is 0 Å². The molecule has 7 heteroatoms. The fourth-order valence-electron chi connectivity index (χ4n) is 4.54. The molecule has 206 valence electrons. The van der Waals surface area contributed by atoms with Gasteiger partial charge in [-0.15, -0.1) is 0 Å². The average molecular weight is 523 g/mol. The molecule has 0 amide bonds. The Hall–Kier alpha value is -3.32. The van der Waals surface area contributed by atoms with E-state index in [-0.39, 0.29) is 24.8 Å². The summed E-state index contributed by atoms with van der Waals surface area (Å²) in [7, 11) is 0. The van der Waals surface area contributed by atoms with E-state index in [4.69, 9.17) is 25.7 Å². The summed E-state index contributed by atoms with van der Waals surface area (Å²) >= 11 is 0. The Morgan fingerprint density at radius 1 is 0.895 bits per heavy atom. The van der Waals surface area contributed by atoms with E-state index in [1.54, 1.807) is 48.5 Å². The number of esters is 2. The first kappa shape index (κ1) is 29.2. The largest absolute Gasteiger partial charge is 0.462 e. The lowest BCUT2D eigenvalue weighted by molar-refractivity contribution is -0.137. The molecule has 38 heavy (non-hydrogen) atoms. The van der Waals surface area contributed by atoms with Crippen molar-refractivity contribution >= 4 is 29.4 Å². The monoisotopic (exact) mass is 522 g/mol. The molecular weight excluding hydrogens is 480 g/mol. The van der Waals surface area contributed by atoms with E-state index < -0.39 is 5.97 Å². The molecule has 4 N–H and O–H groups in total. The molecule has 0 saturated heterocycles. The van der Waals surface area contributed by atoms with Crippen molar-refractivity contribution in [2.24, 2.45) is 0 Å². The maximum absolute atomic E-state index is 12.6. The van der Waals surface area contributed by atoms with Gasteiger partial charge in [-0.1, -0.05) is 44.7 Å². The molecule has 0 aliphatic heterocycles. The summed E-state index contributed by atoms with van der Waals surface area (Å²) in [5.74, 6) is -0.770. The summed E-state index contributed by atoms with van der Waals surface area (Å²) in [6, 6.07) is 12.2. The normalized spacial score (nSPS) is 17.4. The van der Waals surface area contributed by atoms with Crippen LogP contribution in [0, 0.1) is 0 Å². The molecule has 1 saturated carbocycles. The molecule has 1 aliphatic rings. The molecule has 7 nitrogen and oxygen atoms in total. The number of hydrogen-bond acceptors (Lipinski definition) is 7. The third kappa shape index (κ3) is 10.2. The molecule has 2 aromatic carbocycles. The Morgan fingerprint density at radius 2 is 1.61 bits per heavy atom. The molecular formula is C31H42N2O5. The molecule has 3 rings (SSSR count). The fourth-order valence-corrected chi connectivity index (χ4v) is 4.54. The van der Waals surface area contributed by atoms with Crippen LogP contribution in [0.5, 0.6) is 0 Å². The van der Waals surface area contributed by atoms with Crippen molar-refractivity contribution in [2.75, 3.05) is 24.7 Å². The van der Waals surface area contributed by atoms with Gasteiger partial charge in [0.2, 0.25) is 0 Å². The number of benzene rings is 2. The van der Waals surface area contributed by atoms with Crippen LogP contribution in [0.25, 0.3) is 6.08 Å². The Morgan fingerprint density at radius 3 is 2.34 bits per heavy atom. The van der Waals surface area contributed by atoms with Gasteiger partial charge < -0.3 is 25.7 Å². The Kier molecular flexibility index (Phi) is 12.2. The zero-order valence-corrected chi connectivity index (χ0v) is 22.5. The summed E-state index contributed by atoms with van der Waals surface area (Å²) in [5, 5.41) is 0. The summed E-state index contributed by atoms with van der Waals surface area (Å²) < 4.78 is 17.0. The number of nitrogen functional groups attached to an aromatic ring is 2. The topological polar surface area (TPSA) is 114 Å². The Bertz CT molecular complexity index is 1040. The van der Waals surface area contributed by atoms with Crippen LogP contribution in [0.1, 0.15) is 86.2 Å². The number of ether oxygens (including phenoxy) is 3. The lowest BCUT2D eigenvalue weighted by atomic mass is 9.95. The molecule has 0 aromatic heterocycles. The van der Waals surface area contributed by atoms with Gasteiger partial charge in [-0.05, 0) is 79.6 Å². The van der Waals surface area contributed by atoms with Gasteiger partial charge in [0, 0.05) is 30.5 Å². The van der Waals surface area contributed by atoms with Gasteiger partial charge in [0.1, 0.15) is 6.10 Å². The lowest BCUT2D eigenvalue weighted by Gasteiger charge is -2.28. The summed E-state index contributed by atoms with van der Waals surface area (Å²) in [6.07, 6.45) is 13.4. The van der Waals surface area contributed by atoms with Crippen molar-refractivity contribution in [3.63, 3.8) is 0 Å². The van der Waals surface area contributed by atoms with E-state index in [2.05, 4.69) is 6.92 Å². The van der Waals surface area contributed by atoms with Crippen molar-refractivity contribution in [3.8, 4) is 0 Å². The maximum Gasteiger partial charge on any atom is 0.338 e. The predicted molar refractivity (Wildman–Crippen MR) is 152 cm³/mol. The first-order valence-electron chi connectivity index (χ1n) is 13.9. The van der Waals surface area contributed by atoms with Crippen LogP contribution in [0.2, 0.25) is 0 Å². The van der Waals surface area contributed by atoms with Crippen molar-refractivity contribution in [2.45, 2.75) is 83.3 Å². The molecule has 0 radical (unpaired) electrons. The molecule has 1 aliphatic carbocycles. The standard InChI is InChI=1S/C31H42N2O5/c1-2-3-4-5-6-20-36-27-13-15-28(16-14-27)38-31(35)24-10-7-23(8-11-24)9-18-30(34)37-21-19-25-22-26(32)12-17-29(25)33/h7-12,17-18,22,27-28H,2-6,13-16,19-21,32-33H2,1H3. The Balaban J connectivity index is 1.34. The number of rotatable bonds is 14. The van der Waals surface area contributed by atoms with Crippen LogP contribution in [0.3, 0.4) is 0 Å². The van der Waals surface area contributed by atoms with Crippen molar-refractivity contribution < 1.29 is 23.8 Å². The summed E-state index contributed by atoms with van der Waals surface area (Å²) in [6.45, 7) is 3.25. The van der Waals surface area contributed by atoms with Gasteiger partial charge in [0.05, 0.1) is 18.3 Å². The van der Waals surface area contributed by atoms with Crippen molar-refractivity contribution in [1.82, 2.24) is 0 Å². The van der Waals surface area contributed by atoms with E-state index in [1.807, 2.05) is 0 Å². The molecule has 1 fully saturated rings. The molecule has 0 heterocycles. The van der Waals surface area contributed by atoms with E-state index >= 15 is 0 Å². The second-order valence-electron chi connectivity index (χ2n) is 9.92. The lowest BCUT2D eigenvalue weighted by Crippen LogP contribution is -2.28. The van der Waals surface area contributed by atoms with Gasteiger partial charge in [0.25, 0.3) is 0 Å². The van der Waals surface area contributed by atoms with Gasteiger partial charge in [0.15, 0.2) is 0 Å². The van der Waals surface area contributed by atoms with Crippen molar-refractivity contribution in [1.29, 1.82) is 0 Å².